The van der Waals surface area contributed by atoms with E-state index in [4.69, 9.17) is 4.52 Å². The van der Waals surface area contributed by atoms with Crippen LogP contribution in [0.1, 0.15) is 40.3 Å². The molecule has 20 heavy (non-hydrogen) atoms. The van der Waals surface area contributed by atoms with Gasteiger partial charge in [-0.2, -0.15) is 0 Å². The van der Waals surface area contributed by atoms with Gasteiger partial charge < -0.3 is 9.84 Å². The molecule has 2 rings (SSSR count). The van der Waals surface area contributed by atoms with Crippen LogP contribution in [-0.4, -0.2) is 11.1 Å². The molecule has 0 aliphatic heterocycles. The van der Waals surface area contributed by atoms with Crippen molar-refractivity contribution < 1.29 is 13.7 Å². The van der Waals surface area contributed by atoms with Crippen LogP contribution in [0.25, 0.3) is 0 Å². The first-order valence-corrected chi connectivity index (χ1v) is 6.88. The fourth-order valence-electron chi connectivity index (χ4n) is 2.13. The molecule has 1 atom stereocenters. The Balaban J connectivity index is 2.22. The van der Waals surface area contributed by atoms with E-state index in [9.17, 15) is 9.18 Å². The molecule has 0 radical (unpaired) electrons. The minimum Gasteiger partial charge on any atom is -0.361 e. The lowest BCUT2D eigenvalue weighted by atomic mass is 10.1. The first-order chi connectivity index (χ1) is 9.40. The fourth-order valence-corrected chi connectivity index (χ4v) is 2.55. The fraction of sp³-hybridized carbons (Fsp3) is 0.286. The molecule has 106 valence electrons. The quantitative estimate of drug-likeness (QED) is 0.927. The third-order valence-electron chi connectivity index (χ3n) is 3.04. The van der Waals surface area contributed by atoms with E-state index in [0.29, 0.717) is 10.2 Å². The van der Waals surface area contributed by atoms with E-state index in [2.05, 4.69) is 26.4 Å². The average Bonchev–Trinajstić information content (AvgIpc) is 2.71. The van der Waals surface area contributed by atoms with Crippen LogP contribution in [0.2, 0.25) is 0 Å². The van der Waals surface area contributed by atoms with Gasteiger partial charge in [0.05, 0.1) is 17.3 Å². The number of nitrogens with zero attached hydrogens (tertiary/aromatic N) is 1. The zero-order chi connectivity index (χ0) is 14.9. The van der Waals surface area contributed by atoms with E-state index in [1.807, 2.05) is 13.8 Å². The maximum Gasteiger partial charge on any atom is 0.253 e. The standard InChI is InChI=1S/C14H14BrFN2O2/c1-7(13-8(2)18-20-9(13)3)17-14(19)11-6-10(16)4-5-12(11)15/h4-7H,1-3H3,(H,17,19). The van der Waals surface area contributed by atoms with Crippen molar-refractivity contribution in [2.45, 2.75) is 26.8 Å². The molecule has 1 heterocycles. The largest absolute Gasteiger partial charge is 0.361 e. The van der Waals surface area contributed by atoms with Crippen LogP contribution in [0.3, 0.4) is 0 Å². The first-order valence-electron chi connectivity index (χ1n) is 6.09. The molecule has 0 spiro atoms. The lowest BCUT2D eigenvalue weighted by Crippen LogP contribution is -2.27. The van der Waals surface area contributed by atoms with Gasteiger partial charge in [-0.05, 0) is 54.9 Å². The molecule has 1 amide bonds. The number of amides is 1. The van der Waals surface area contributed by atoms with Crippen LogP contribution in [0, 0.1) is 19.7 Å². The Morgan fingerprint density at radius 2 is 2.15 bits per heavy atom. The zero-order valence-corrected chi connectivity index (χ0v) is 12.9. The van der Waals surface area contributed by atoms with Gasteiger partial charge in [-0.1, -0.05) is 5.16 Å². The summed E-state index contributed by atoms with van der Waals surface area (Å²) in [5, 5.41) is 6.67. The molecule has 6 heteroatoms. The van der Waals surface area contributed by atoms with Gasteiger partial charge in [-0.3, -0.25) is 4.79 Å². The molecular formula is C14H14BrFN2O2. The van der Waals surface area contributed by atoms with E-state index >= 15 is 0 Å². The molecular weight excluding hydrogens is 327 g/mol. The second-order valence-corrected chi connectivity index (χ2v) is 5.41. The maximum atomic E-state index is 13.2. The molecule has 0 bridgehead atoms. The lowest BCUT2D eigenvalue weighted by molar-refractivity contribution is 0.0938. The van der Waals surface area contributed by atoms with E-state index < -0.39 is 5.82 Å². The summed E-state index contributed by atoms with van der Waals surface area (Å²) in [5.41, 5.74) is 1.82. The smallest absolute Gasteiger partial charge is 0.253 e. The summed E-state index contributed by atoms with van der Waals surface area (Å²) in [6, 6.07) is 3.71. The average molecular weight is 341 g/mol. The number of hydrogen-bond acceptors (Lipinski definition) is 3. The van der Waals surface area contributed by atoms with Gasteiger partial charge in [-0.15, -0.1) is 0 Å². The SMILES string of the molecule is Cc1noc(C)c1C(C)NC(=O)c1cc(F)ccc1Br. The third kappa shape index (κ3) is 2.90. The monoisotopic (exact) mass is 340 g/mol. The normalized spacial score (nSPS) is 12.2. The molecule has 2 aromatic rings. The topological polar surface area (TPSA) is 55.1 Å². The van der Waals surface area contributed by atoms with Crippen molar-refractivity contribution in [3.63, 3.8) is 0 Å². The Kier molecular flexibility index (Phi) is 4.23. The highest BCUT2D eigenvalue weighted by Crippen LogP contribution is 2.23. The summed E-state index contributed by atoms with van der Waals surface area (Å²) in [6.07, 6.45) is 0. The Morgan fingerprint density at radius 1 is 1.45 bits per heavy atom. The minimum atomic E-state index is -0.455. The number of aryl methyl sites for hydroxylation is 2. The van der Waals surface area contributed by atoms with Gasteiger partial charge in [0.1, 0.15) is 11.6 Å². The molecule has 0 saturated carbocycles. The van der Waals surface area contributed by atoms with Crippen molar-refractivity contribution in [2.24, 2.45) is 0 Å². The zero-order valence-electron chi connectivity index (χ0n) is 11.3. The van der Waals surface area contributed by atoms with E-state index in [0.717, 1.165) is 11.3 Å². The number of benzene rings is 1. The van der Waals surface area contributed by atoms with Gasteiger partial charge in [0.2, 0.25) is 0 Å². The third-order valence-corrected chi connectivity index (χ3v) is 3.73. The summed E-state index contributed by atoms with van der Waals surface area (Å²) in [6.45, 7) is 5.43. The highest BCUT2D eigenvalue weighted by molar-refractivity contribution is 9.10. The van der Waals surface area contributed by atoms with Gasteiger partial charge in [0.15, 0.2) is 0 Å². The Morgan fingerprint density at radius 3 is 2.75 bits per heavy atom. The summed E-state index contributed by atoms with van der Waals surface area (Å²) in [7, 11) is 0. The van der Waals surface area contributed by atoms with Crippen LogP contribution >= 0.6 is 15.9 Å². The molecule has 0 saturated heterocycles. The number of halogens is 2. The van der Waals surface area contributed by atoms with Crippen LogP contribution < -0.4 is 5.32 Å². The number of carbonyl (C=O) groups is 1. The van der Waals surface area contributed by atoms with Crippen molar-refractivity contribution in [3.05, 3.63) is 51.1 Å². The number of aromatic nitrogens is 1. The number of carbonyl (C=O) groups excluding carboxylic acids is 1. The Hall–Kier alpha value is -1.69. The van der Waals surface area contributed by atoms with Crippen LogP contribution in [0.15, 0.2) is 27.2 Å². The van der Waals surface area contributed by atoms with Gasteiger partial charge in [0, 0.05) is 10.0 Å². The highest BCUT2D eigenvalue weighted by Gasteiger charge is 2.20. The second-order valence-electron chi connectivity index (χ2n) is 4.56. The molecule has 1 aromatic heterocycles. The van der Waals surface area contributed by atoms with E-state index in [-0.39, 0.29) is 17.5 Å². The predicted octanol–water partition coefficient (Wildman–Crippen LogP) is 3.68. The van der Waals surface area contributed by atoms with Crippen LogP contribution in [-0.2, 0) is 0 Å². The summed E-state index contributed by atoms with van der Waals surface area (Å²) in [5.74, 6) is -0.152. The summed E-state index contributed by atoms with van der Waals surface area (Å²) >= 11 is 3.24. The van der Waals surface area contributed by atoms with Crippen molar-refractivity contribution in [2.75, 3.05) is 0 Å². The molecule has 1 aromatic carbocycles. The number of rotatable bonds is 3. The molecule has 1 N–H and O–H groups in total. The van der Waals surface area contributed by atoms with Crippen LogP contribution in [0.4, 0.5) is 4.39 Å². The first kappa shape index (κ1) is 14.7. The number of nitrogens with one attached hydrogen (secondary N) is 1. The van der Waals surface area contributed by atoms with Crippen molar-refractivity contribution >= 4 is 21.8 Å². The Bertz CT molecular complexity index is 635. The Labute approximate surface area is 124 Å². The molecule has 1 unspecified atom stereocenters. The number of hydrogen-bond donors (Lipinski definition) is 1. The maximum absolute atomic E-state index is 13.2. The minimum absolute atomic E-state index is 0.253. The van der Waals surface area contributed by atoms with Crippen LogP contribution in [0.5, 0.6) is 0 Å². The molecule has 4 nitrogen and oxygen atoms in total. The summed E-state index contributed by atoms with van der Waals surface area (Å²) < 4.78 is 18.8. The highest BCUT2D eigenvalue weighted by atomic mass is 79.9. The molecule has 0 fully saturated rings. The van der Waals surface area contributed by atoms with Crippen molar-refractivity contribution in [1.29, 1.82) is 0 Å². The van der Waals surface area contributed by atoms with Crippen molar-refractivity contribution in [1.82, 2.24) is 10.5 Å². The summed E-state index contributed by atoms with van der Waals surface area (Å²) in [4.78, 5) is 12.2. The molecule has 0 aliphatic rings. The van der Waals surface area contributed by atoms with Gasteiger partial charge >= 0.3 is 0 Å². The molecule has 0 aliphatic carbocycles. The van der Waals surface area contributed by atoms with Crippen molar-refractivity contribution in [3.8, 4) is 0 Å². The predicted molar refractivity (Wildman–Crippen MR) is 76.0 cm³/mol. The second kappa shape index (κ2) is 5.75. The van der Waals surface area contributed by atoms with Gasteiger partial charge in [0.25, 0.3) is 5.91 Å². The van der Waals surface area contributed by atoms with Gasteiger partial charge in [-0.25, -0.2) is 4.39 Å². The lowest BCUT2D eigenvalue weighted by Gasteiger charge is -2.14. The van der Waals surface area contributed by atoms with E-state index in [1.54, 1.807) is 6.92 Å². The van der Waals surface area contributed by atoms with E-state index in [1.165, 1.54) is 18.2 Å².